The van der Waals surface area contributed by atoms with Crippen LogP contribution in [0.4, 0.5) is 0 Å². The van der Waals surface area contributed by atoms with Crippen molar-refractivity contribution in [1.82, 2.24) is 9.88 Å². The molecule has 1 aromatic heterocycles. The van der Waals surface area contributed by atoms with E-state index in [4.69, 9.17) is 0 Å². The van der Waals surface area contributed by atoms with Crippen molar-refractivity contribution in [3.8, 4) is 0 Å². The number of hydrogen-bond acceptors (Lipinski definition) is 1. The van der Waals surface area contributed by atoms with Crippen molar-refractivity contribution < 1.29 is 0 Å². The van der Waals surface area contributed by atoms with Gasteiger partial charge in [0, 0.05) is 19.3 Å². The van der Waals surface area contributed by atoms with E-state index >= 15 is 0 Å². The normalized spacial score (nSPS) is 11.6. The molecule has 0 aliphatic rings. The van der Waals surface area contributed by atoms with Gasteiger partial charge >= 0.3 is 0 Å². The zero-order valence-electron chi connectivity index (χ0n) is 12.4. The zero-order valence-corrected chi connectivity index (χ0v) is 12.4. The third kappa shape index (κ3) is 3.60. The van der Waals surface area contributed by atoms with E-state index in [-0.39, 0.29) is 0 Å². The lowest BCUT2D eigenvalue weighted by molar-refractivity contribution is 0.552. The monoisotopic (exact) mass is 258 g/mol. The van der Waals surface area contributed by atoms with Gasteiger partial charge in [0.25, 0.3) is 0 Å². The van der Waals surface area contributed by atoms with Crippen LogP contribution in [-0.4, -0.2) is 11.1 Å². The molecule has 0 amide bonds. The van der Waals surface area contributed by atoms with E-state index in [9.17, 15) is 0 Å². The highest BCUT2D eigenvalue weighted by Gasteiger charge is 2.06. The van der Waals surface area contributed by atoms with Crippen LogP contribution < -0.4 is 5.32 Å². The minimum Gasteiger partial charge on any atom is -0.347 e. The number of para-hydroxylation sites is 1. The summed E-state index contributed by atoms with van der Waals surface area (Å²) < 4.78 is 2.41. The van der Waals surface area contributed by atoms with Crippen LogP contribution in [0.2, 0.25) is 0 Å². The quantitative estimate of drug-likeness (QED) is 0.788. The fourth-order valence-corrected chi connectivity index (χ4v) is 2.49. The van der Waals surface area contributed by atoms with E-state index in [0.29, 0.717) is 5.92 Å². The van der Waals surface area contributed by atoms with Crippen LogP contribution in [0.25, 0.3) is 10.9 Å². The van der Waals surface area contributed by atoms with Gasteiger partial charge in [0.2, 0.25) is 0 Å². The lowest BCUT2D eigenvalue weighted by Gasteiger charge is -2.11. The molecule has 1 N–H and O–H groups in total. The fraction of sp³-hybridized carbons (Fsp3) is 0.529. The summed E-state index contributed by atoms with van der Waals surface area (Å²) >= 11 is 0. The summed E-state index contributed by atoms with van der Waals surface area (Å²) in [4.78, 5) is 0. The van der Waals surface area contributed by atoms with Gasteiger partial charge in [0.15, 0.2) is 0 Å². The maximum atomic E-state index is 3.55. The van der Waals surface area contributed by atoms with E-state index in [1.165, 1.54) is 29.3 Å². The molecular weight excluding hydrogens is 232 g/mol. The Hall–Kier alpha value is -1.28. The molecule has 2 nitrogen and oxygen atoms in total. The van der Waals surface area contributed by atoms with Crippen LogP contribution in [0.1, 0.15) is 39.2 Å². The van der Waals surface area contributed by atoms with Crippen molar-refractivity contribution in [3.63, 3.8) is 0 Å². The Morgan fingerprint density at radius 3 is 2.79 bits per heavy atom. The molecule has 0 aliphatic carbocycles. The molecular formula is C17H26N2. The number of rotatable bonds is 7. The smallest absolute Gasteiger partial charge is 0.0525 e. The number of benzene rings is 1. The Balaban J connectivity index is 2.19. The van der Waals surface area contributed by atoms with Crippen molar-refractivity contribution in [3.05, 3.63) is 36.0 Å². The average Bonchev–Trinajstić information content (AvgIpc) is 2.80. The van der Waals surface area contributed by atoms with Crippen LogP contribution in [0.5, 0.6) is 0 Å². The topological polar surface area (TPSA) is 17.0 Å². The summed E-state index contributed by atoms with van der Waals surface area (Å²) in [5, 5.41) is 4.91. The Bertz CT molecular complexity index is 511. The van der Waals surface area contributed by atoms with Crippen molar-refractivity contribution in [2.24, 2.45) is 5.92 Å². The SMILES string of the molecule is CCCCn1ccc2cccc(CNCC(C)C)c21. The minimum atomic E-state index is 0.700. The largest absolute Gasteiger partial charge is 0.347 e. The highest BCUT2D eigenvalue weighted by Crippen LogP contribution is 2.21. The molecule has 0 saturated heterocycles. The summed E-state index contributed by atoms with van der Waals surface area (Å²) in [7, 11) is 0. The molecule has 0 spiro atoms. The molecule has 104 valence electrons. The van der Waals surface area contributed by atoms with Crippen LogP contribution >= 0.6 is 0 Å². The van der Waals surface area contributed by atoms with E-state index in [2.05, 4.69) is 61.1 Å². The van der Waals surface area contributed by atoms with Gasteiger partial charge in [-0.3, -0.25) is 0 Å². The van der Waals surface area contributed by atoms with Gasteiger partial charge in [0.05, 0.1) is 5.52 Å². The molecule has 2 heteroatoms. The second kappa shape index (κ2) is 6.76. The van der Waals surface area contributed by atoms with Gasteiger partial charge in [-0.25, -0.2) is 0 Å². The molecule has 1 heterocycles. The molecule has 0 radical (unpaired) electrons. The van der Waals surface area contributed by atoms with Crippen molar-refractivity contribution in [2.75, 3.05) is 6.54 Å². The van der Waals surface area contributed by atoms with Gasteiger partial charge in [-0.15, -0.1) is 0 Å². The number of unbranched alkanes of at least 4 members (excludes halogenated alkanes) is 1. The summed E-state index contributed by atoms with van der Waals surface area (Å²) in [5.74, 6) is 0.700. The standard InChI is InChI=1S/C17H26N2/c1-4-5-10-19-11-9-15-7-6-8-16(17(15)19)13-18-12-14(2)3/h6-9,11,14,18H,4-5,10,12-13H2,1-3H3. The predicted molar refractivity (Wildman–Crippen MR) is 83.4 cm³/mol. The Morgan fingerprint density at radius 1 is 1.21 bits per heavy atom. The van der Waals surface area contributed by atoms with Gasteiger partial charge < -0.3 is 9.88 Å². The number of nitrogens with zero attached hydrogens (tertiary/aromatic N) is 1. The maximum absolute atomic E-state index is 3.55. The van der Waals surface area contributed by atoms with E-state index < -0.39 is 0 Å². The second-order valence-electron chi connectivity index (χ2n) is 5.74. The molecule has 2 rings (SSSR count). The third-order valence-corrected chi connectivity index (χ3v) is 3.49. The van der Waals surface area contributed by atoms with Crippen LogP contribution in [-0.2, 0) is 13.1 Å². The van der Waals surface area contributed by atoms with E-state index in [0.717, 1.165) is 19.6 Å². The van der Waals surface area contributed by atoms with Crippen LogP contribution in [0.15, 0.2) is 30.5 Å². The third-order valence-electron chi connectivity index (χ3n) is 3.49. The number of hydrogen-bond donors (Lipinski definition) is 1. The van der Waals surface area contributed by atoms with Crippen LogP contribution in [0, 0.1) is 5.92 Å². The van der Waals surface area contributed by atoms with Gasteiger partial charge in [-0.2, -0.15) is 0 Å². The Morgan fingerprint density at radius 2 is 2.05 bits per heavy atom. The van der Waals surface area contributed by atoms with E-state index in [1.54, 1.807) is 0 Å². The zero-order chi connectivity index (χ0) is 13.7. The molecule has 0 aliphatic heterocycles. The molecule has 2 aromatic rings. The number of aromatic nitrogens is 1. The first-order valence-electron chi connectivity index (χ1n) is 7.49. The lowest BCUT2D eigenvalue weighted by Crippen LogP contribution is -2.19. The van der Waals surface area contributed by atoms with Gasteiger partial charge in [0.1, 0.15) is 0 Å². The van der Waals surface area contributed by atoms with Gasteiger partial charge in [-0.05, 0) is 35.9 Å². The average molecular weight is 258 g/mol. The summed E-state index contributed by atoms with van der Waals surface area (Å²) in [6, 6.07) is 8.86. The van der Waals surface area contributed by atoms with Crippen molar-refractivity contribution in [2.45, 2.75) is 46.7 Å². The molecule has 19 heavy (non-hydrogen) atoms. The van der Waals surface area contributed by atoms with Crippen molar-refractivity contribution in [1.29, 1.82) is 0 Å². The van der Waals surface area contributed by atoms with Gasteiger partial charge in [-0.1, -0.05) is 45.4 Å². The number of fused-ring (bicyclic) bond motifs is 1. The van der Waals surface area contributed by atoms with E-state index in [1.807, 2.05) is 0 Å². The first-order valence-corrected chi connectivity index (χ1v) is 7.49. The maximum Gasteiger partial charge on any atom is 0.0525 e. The summed E-state index contributed by atoms with van der Waals surface area (Å²) in [6.07, 6.45) is 4.72. The fourth-order valence-electron chi connectivity index (χ4n) is 2.49. The lowest BCUT2D eigenvalue weighted by atomic mass is 10.1. The molecule has 0 bridgehead atoms. The first-order chi connectivity index (χ1) is 9.22. The Kier molecular flexibility index (Phi) is 5.03. The molecule has 1 aromatic carbocycles. The number of nitrogens with one attached hydrogen (secondary N) is 1. The predicted octanol–water partition coefficient (Wildman–Crippen LogP) is 4.19. The highest BCUT2D eigenvalue weighted by atomic mass is 15.0. The van der Waals surface area contributed by atoms with Crippen molar-refractivity contribution >= 4 is 10.9 Å². The number of aryl methyl sites for hydroxylation is 1. The highest BCUT2D eigenvalue weighted by molar-refractivity contribution is 5.83. The first kappa shape index (κ1) is 14.1. The molecule has 0 atom stereocenters. The minimum absolute atomic E-state index is 0.700. The van der Waals surface area contributed by atoms with Crippen LogP contribution in [0.3, 0.4) is 0 Å². The summed E-state index contributed by atoms with van der Waals surface area (Å²) in [6.45, 7) is 9.91. The Labute approximate surface area is 116 Å². The molecule has 0 unspecified atom stereocenters. The second-order valence-corrected chi connectivity index (χ2v) is 5.74. The molecule has 0 fully saturated rings. The molecule has 0 saturated carbocycles. The summed E-state index contributed by atoms with van der Waals surface area (Å²) in [5.41, 5.74) is 2.83.